The minimum absolute atomic E-state index is 0.169. The molecule has 0 N–H and O–H groups in total. The molecule has 0 radical (unpaired) electrons. The number of aromatic nitrogens is 5. The van der Waals surface area contributed by atoms with Crippen LogP contribution in [-0.4, -0.2) is 67.6 Å². The second-order valence-corrected chi connectivity index (χ2v) is 9.27. The maximum absolute atomic E-state index is 13.3. The Kier molecular flexibility index (Phi) is 5.87. The highest BCUT2D eigenvalue weighted by atomic mass is 32.2. The number of rotatable bonds is 7. The van der Waals surface area contributed by atoms with Gasteiger partial charge in [0.15, 0.2) is 11.0 Å². The molecule has 2 aromatic heterocycles. The molecule has 0 spiro atoms. The highest BCUT2D eigenvalue weighted by Crippen LogP contribution is 2.35. The third kappa shape index (κ3) is 4.29. The van der Waals surface area contributed by atoms with E-state index in [0.29, 0.717) is 12.0 Å². The molecule has 7 nitrogen and oxygen atoms in total. The van der Waals surface area contributed by atoms with E-state index in [9.17, 15) is 4.39 Å². The first kappa shape index (κ1) is 20.4. The molecule has 31 heavy (non-hydrogen) atoms. The van der Waals surface area contributed by atoms with Crippen molar-refractivity contribution in [1.29, 1.82) is 0 Å². The van der Waals surface area contributed by atoms with E-state index >= 15 is 0 Å². The fourth-order valence-electron chi connectivity index (χ4n) is 4.72. The summed E-state index contributed by atoms with van der Waals surface area (Å²) in [5, 5.41) is 9.52. The molecule has 0 saturated carbocycles. The van der Waals surface area contributed by atoms with Crippen LogP contribution in [-0.2, 0) is 7.05 Å². The van der Waals surface area contributed by atoms with Gasteiger partial charge in [0.25, 0.3) is 0 Å². The SMILES string of the molecule is Cn1c(SCCCN2CC3CCN(c4ccc(F)cc4)C3C2)nnc1-c1ccncn1. The maximum atomic E-state index is 13.3. The molecule has 2 unspecified atom stereocenters. The number of halogens is 1. The quantitative estimate of drug-likeness (QED) is 0.414. The largest absolute Gasteiger partial charge is 0.367 e. The van der Waals surface area contributed by atoms with Crippen LogP contribution in [0.2, 0.25) is 0 Å². The number of anilines is 1. The van der Waals surface area contributed by atoms with Gasteiger partial charge in [-0.05, 0) is 55.6 Å². The first-order valence-electron chi connectivity index (χ1n) is 10.7. The lowest BCUT2D eigenvalue weighted by Crippen LogP contribution is -2.35. The van der Waals surface area contributed by atoms with Gasteiger partial charge < -0.3 is 14.4 Å². The molecule has 2 fully saturated rings. The van der Waals surface area contributed by atoms with Crippen LogP contribution in [0.15, 0.2) is 48.0 Å². The molecule has 3 aromatic rings. The number of thioether (sulfide) groups is 1. The second kappa shape index (κ2) is 8.92. The Balaban J connectivity index is 1.11. The number of benzene rings is 1. The van der Waals surface area contributed by atoms with Crippen LogP contribution in [0.5, 0.6) is 0 Å². The molecular formula is C22H26FN7S. The van der Waals surface area contributed by atoms with Gasteiger partial charge in [-0.3, -0.25) is 0 Å². The summed E-state index contributed by atoms with van der Waals surface area (Å²) in [5.74, 6) is 2.31. The van der Waals surface area contributed by atoms with Crippen LogP contribution < -0.4 is 4.90 Å². The minimum Gasteiger partial charge on any atom is -0.367 e. The molecule has 4 heterocycles. The molecule has 2 saturated heterocycles. The van der Waals surface area contributed by atoms with Crippen molar-refractivity contribution in [1.82, 2.24) is 29.6 Å². The summed E-state index contributed by atoms with van der Waals surface area (Å²) >= 11 is 1.74. The van der Waals surface area contributed by atoms with E-state index < -0.39 is 0 Å². The van der Waals surface area contributed by atoms with Gasteiger partial charge in [0.1, 0.15) is 17.8 Å². The van der Waals surface area contributed by atoms with Gasteiger partial charge in [-0.1, -0.05) is 11.8 Å². The van der Waals surface area contributed by atoms with Crippen LogP contribution in [0.4, 0.5) is 10.1 Å². The van der Waals surface area contributed by atoms with Gasteiger partial charge in [-0.25, -0.2) is 14.4 Å². The van der Waals surface area contributed by atoms with Crippen molar-refractivity contribution >= 4 is 17.4 Å². The number of hydrogen-bond donors (Lipinski definition) is 0. The van der Waals surface area contributed by atoms with Crippen molar-refractivity contribution in [2.24, 2.45) is 13.0 Å². The van der Waals surface area contributed by atoms with E-state index in [0.717, 1.165) is 60.7 Å². The average Bonchev–Trinajstić information content (AvgIpc) is 3.47. The monoisotopic (exact) mass is 439 g/mol. The molecule has 2 atom stereocenters. The van der Waals surface area contributed by atoms with Crippen molar-refractivity contribution in [2.45, 2.75) is 24.0 Å². The van der Waals surface area contributed by atoms with Crippen molar-refractivity contribution < 1.29 is 4.39 Å². The van der Waals surface area contributed by atoms with Gasteiger partial charge in [0.2, 0.25) is 0 Å². The van der Waals surface area contributed by atoms with Crippen LogP contribution >= 0.6 is 11.8 Å². The molecular weight excluding hydrogens is 413 g/mol. The molecule has 0 amide bonds. The van der Waals surface area contributed by atoms with Gasteiger partial charge in [0, 0.05) is 50.4 Å². The summed E-state index contributed by atoms with van der Waals surface area (Å²) in [4.78, 5) is 13.3. The van der Waals surface area contributed by atoms with E-state index in [1.807, 2.05) is 29.8 Å². The van der Waals surface area contributed by atoms with Crippen molar-refractivity contribution in [2.75, 3.05) is 36.8 Å². The molecule has 1 aromatic carbocycles. The molecule has 162 valence electrons. The first-order valence-corrected chi connectivity index (χ1v) is 11.7. The zero-order valence-corrected chi connectivity index (χ0v) is 18.4. The Morgan fingerprint density at radius 1 is 1.13 bits per heavy atom. The summed E-state index contributed by atoms with van der Waals surface area (Å²) in [6, 6.07) is 9.34. The lowest BCUT2D eigenvalue weighted by atomic mass is 10.1. The summed E-state index contributed by atoms with van der Waals surface area (Å²) in [5.41, 5.74) is 1.93. The highest BCUT2D eigenvalue weighted by Gasteiger charge is 2.40. The maximum Gasteiger partial charge on any atom is 0.191 e. The van der Waals surface area contributed by atoms with E-state index in [1.54, 1.807) is 30.1 Å². The third-order valence-electron chi connectivity index (χ3n) is 6.28. The fraction of sp³-hybridized carbons (Fsp3) is 0.455. The summed E-state index contributed by atoms with van der Waals surface area (Å²) in [6.45, 7) is 4.42. The predicted octanol–water partition coefficient (Wildman–Crippen LogP) is 3.10. The Labute approximate surface area is 185 Å². The topological polar surface area (TPSA) is 63.0 Å². The molecule has 9 heteroatoms. The summed E-state index contributed by atoms with van der Waals surface area (Å²) in [6.07, 6.45) is 5.57. The van der Waals surface area contributed by atoms with Crippen molar-refractivity contribution in [3.8, 4) is 11.5 Å². The first-order chi connectivity index (χ1) is 15.2. The van der Waals surface area contributed by atoms with Crippen molar-refractivity contribution in [3.63, 3.8) is 0 Å². The number of fused-ring (bicyclic) bond motifs is 1. The number of likely N-dealkylation sites (tertiary alicyclic amines) is 1. The van der Waals surface area contributed by atoms with Gasteiger partial charge in [-0.15, -0.1) is 10.2 Å². The zero-order valence-electron chi connectivity index (χ0n) is 17.6. The standard InChI is InChI=1S/C22H26FN7S/c1-28-21(19-7-9-24-15-25-19)26-27-22(28)31-12-2-10-29-13-16-8-11-30(20(16)14-29)18-5-3-17(23)4-6-18/h3-7,9,15-16,20H,2,8,10-14H2,1H3. The molecule has 0 bridgehead atoms. The van der Waals surface area contributed by atoms with E-state index in [2.05, 4.69) is 30.0 Å². The van der Waals surface area contributed by atoms with Crippen LogP contribution in [0.3, 0.4) is 0 Å². The van der Waals surface area contributed by atoms with E-state index in [1.165, 1.54) is 12.7 Å². The van der Waals surface area contributed by atoms with Crippen molar-refractivity contribution in [3.05, 3.63) is 48.7 Å². The Morgan fingerprint density at radius 3 is 2.81 bits per heavy atom. The van der Waals surface area contributed by atoms with Gasteiger partial charge in [0.05, 0.1) is 0 Å². The Hall–Kier alpha value is -2.52. The lowest BCUT2D eigenvalue weighted by molar-refractivity contribution is 0.319. The molecule has 0 aliphatic carbocycles. The number of nitrogens with zero attached hydrogens (tertiary/aromatic N) is 7. The molecule has 5 rings (SSSR count). The van der Waals surface area contributed by atoms with E-state index in [-0.39, 0.29) is 5.82 Å². The normalized spacial score (nSPS) is 21.0. The number of hydrogen-bond acceptors (Lipinski definition) is 7. The van der Waals surface area contributed by atoms with E-state index in [4.69, 9.17) is 0 Å². The van der Waals surface area contributed by atoms with Crippen LogP contribution in [0.1, 0.15) is 12.8 Å². The summed E-state index contributed by atoms with van der Waals surface area (Å²) < 4.78 is 15.3. The minimum atomic E-state index is -0.169. The average molecular weight is 440 g/mol. The zero-order chi connectivity index (χ0) is 21.2. The van der Waals surface area contributed by atoms with Gasteiger partial charge in [-0.2, -0.15) is 0 Å². The van der Waals surface area contributed by atoms with Crippen LogP contribution in [0, 0.1) is 11.7 Å². The summed E-state index contributed by atoms with van der Waals surface area (Å²) in [7, 11) is 1.98. The molecule has 2 aliphatic heterocycles. The second-order valence-electron chi connectivity index (χ2n) is 8.21. The smallest absolute Gasteiger partial charge is 0.191 e. The van der Waals surface area contributed by atoms with Crippen LogP contribution in [0.25, 0.3) is 11.5 Å². The third-order valence-corrected chi connectivity index (χ3v) is 7.38. The lowest BCUT2D eigenvalue weighted by Gasteiger charge is -2.27. The molecule has 2 aliphatic rings. The van der Waals surface area contributed by atoms with Gasteiger partial charge >= 0.3 is 0 Å². The Bertz CT molecular complexity index is 1010. The predicted molar refractivity (Wildman–Crippen MR) is 119 cm³/mol. The highest BCUT2D eigenvalue weighted by molar-refractivity contribution is 7.99. The Morgan fingerprint density at radius 2 is 2.00 bits per heavy atom. The fourth-order valence-corrected chi connectivity index (χ4v) is 5.56.